The Bertz CT molecular complexity index is 508. The predicted molar refractivity (Wildman–Crippen MR) is 69.5 cm³/mol. The van der Waals surface area contributed by atoms with Crippen LogP contribution in [0.15, 0.2) is 22.9 Å². The predicted octanol–water partition coefficient (Wildman–Crippen LogP) is 2.53. The van der Waals surface area contributed by atoms with Gasteiger partial charge in [0, 0.05) is 24.9 Å². The summed E-state index contributed by atoms with van der Waals surface area (Å²) in [6.07, 6.45) is 1.58. The quantitative estimate of drug-likeness (QED) is 0.829. The van der Waals surface area contributed by atoms with E-state index in [2.05, 4.69) is 29.0 Å². The van der Waals surface area contributed by atoms with Gasteiger partial charge in [0.1, 0.15) is 23.6 Å². The second-order valence-electron chi connectivity index (χ2n) is 4.70. The molecule has 0 N–H and O–H groups in total. The normalized spacial score (nSPS) is 10.9. The maximum absolute atomic E-state index is 4.83. The highest BCUT2D eigenvalue weighted by Gasteiger charge is 2.10. The van der Waals surface area contributed by atoms with Crippen LogP contribution in [-0.4, -0.2) is 22.2 Å². The lowest BCUT2D eigenvalue weighted by Crippen LogP contribution is -2.19. The Morgan fingerprint density at radius 2 is 2.11 bits per heavy atom. The highest BCUT2D eigenvalue weighted by molar-refractivity contribution is 5.39. The zero-order valence-corrected chi connectivity index (χ0v) is 11.2. The lowest BCUT2D eigenvalue weighted by atomic mass is 10.1. The molecule has 0 aliphatic heterocycles. The fourth-order valence-electron chi connectivity index (χ4n) is 1.71. The Hall–Kier alpha value is -1.91. The standard InChI is InChI=1S/C13H18N4O/c1-9(2)12-7-13(15-10(3)14-12)17(4)8-11-5-6-18-16-11/h5-7,9H,8H2,1-4H3. The Morgan fingerprint density at radius 3 is 2.72 bits per heavy atom. The Labute approximate surface area is 107 Å². The van der Waals surface area contributed by atoms with Gasteiger partial charge < -0.3 is 9.42 Å². The fourth-order valence-corrected chi connectivity index (χ4v) is 1.71. The molecule has 0 bridgehead atoms. The van der Waals surface area contributed by atoms with Crippen LogP contribution < -0.4 is 4.90 Å². The molecule has 0 saturated carbocycles. The van der Waals surface area contributed by atoms with E-state index in [-0.39, 0.29) is 0 Å². The van der Waals surface area contributed by atoms with Gasteiger partial charge in [-0.05, 0) is 12.8 Å². The molecule has 0 aliphatic carbocycles. The summed E-state index contributed by atoms with van der Waals surface area (Å²) in [6.45, 7) is 6.84. The molecule has 2 heterocycles. The maximum atomic E-state index is 4.83. The summed E-state index contributed by atoms with van der Waals surface area (Å²) < 4.78 is 4.83. The van der Waals surface area contributed by atoms with Crippen molar-refractivity contribution in [2.24, 2.45) is 0 Å². The molecule has 0 amide bonds. The van der Waals surface area contributed by atoms with Gasteiger partial charge in [0.15, 0.2) is 0 Å². The van der Waals surface area contributed by atoms with E-state index in [4.69, 9.17) is 4.52 Å². The van der Waals surface area contributed by atoms with Crippen LogP contribution in [0.1, 0.15) is 37.0 Å². The SMILES string of the molecule is Cc1nc(C(C)C)cc(N(C)Cc2ccon2)n1. The molecule has 2 rings (SSSR count). The van der Waals surface area contributed by atoms with Crippen molar-refractivity contribution in [1.29, 1.82) is 0 Å². The van der Waals surface area contributed by atoms with Crippen LogP contribution in [0.3, 0.4) is 0 Å². The number of nitrogens with zero attached hydrogens (tertiary/aromatic N) is 4. The highest BCUT2D eigenvalue weighted by Crippen LogP contribution is 2.18. The minimum absolute atomic E-state index is 0.394. The fraction of sp³-hybridized carbons (Fsp3) is 0.462. The van der Waals surface area contributed by atoms with E-state index in [0.717, 1.165) is 23.0 Å². The van der Waals surface area contributed by atoms with Gasteiger partial charge in [0.25, 0.3) is 0 Å². The van der Waals surface area contributed by atoms with Gasteiger partial charge in [-0.1, -0.05) is 19.0 Å². The summed E-state index contributed by atoms with van der Waals surface area (Å²) in [6, 6.07) is 3.88. The third-order valence-corrected chi connectivity index (χ3v) is 2.72. The molecule has 0 radical (unpaired) electrons. The lowest BCUT2D eigenvalue weighted by molar-refractivity contribution is 0.411. The Kier molecular flexibility index (Phi) is 3.60. The van der Waals surface area contributed by atoms with Crippen LogP contribution in [-0.2, 0) is 6.54 Å². The van der Waals surface area contributed by atoms with E-state index in [0.29, 0.717) is 12.5 Å². The van der Waals surface area contributed by atoms with Crippen molar-refractivity contribution in [2.75, 3.05) is 11.9 Å². The number of aromatic nitrogens is 3. The molecular formula is C13H18N4O. The van der Waals surface area contributed by atoms with E-state index >= 15 is 0 Å². The number of hydrogen-bond acceptors (Lipinski definition) is 5. The molecule has 0 unspecified atom stereocenters. The van der Waals surface area contributed by atoms with Gasteiger partial charge in [0.05, 0.1) is 6.54 Å². The molecular weight excluding hydrogens is 228 g/mol. The van der Waals surface area contributed by atoms with Crippen molar-refractivity contribution in [3.05, 3.63) is 35.6 Å². The average Bonchev–Trinajstić information content (AvgIpc) is 2.80. The number of anilines is 1. The van der Waals surface area contributed by atoms with Gasteiger partial charge in [0.2, 0.25) is 0 Å². The van der Waals surface area contributed by atoms with E-state index < -0.39 is 0 Å². The molecule has 0 atom stereocenters. The second-order valence-corrected chi connectivity index (χ2v) is 4.70. The van der Waals surface area contributed by atoms with Crippen molar-refractivity contribution in [3.63, 3.8) is 0 Å². The first kappa shape index (κ1) is 12.5. The highest BCUT2D eigenvalue weighted by atomic mass is 16.5. The van der Waals surface area contributed by atoms with Crippen LogP contribution in [0.25, 0.3) is 0 Å². The van der Waals surface area contributed by atoms with E-state index in [1.54, 1.807) is 6.26 Å². The van der Waals surface area contributed by atoms with Crippen LogP contribution in [0.2, 0.25) is 0 Å². The smallest absolute Gasteiger partial charge is 0.132 e. The third-order valence-electron chi connectivity index (χ3n) is 2.72. The van der Waals surface area contributed by atoms with Crippen LogP contribution in [0.5, 0.6) is 0 Å². The van der Waals surface area contributed by atoms with Crippen LogP contribution >= 0.6 is 0 Å². The molecule has 0 aliphatic rings. The third kappa shape index (κ3) is 2.85. The molecule has 18 heavy (non-hydrogen) atoms. The maximum Gasteiger partial charge on any atom is 0.132 e. The van der Waals surface area contributed by atoms with Crippen molar-refractivity contribution < 1.29 is 4.52 Å². The minimum atomic E-state index is 0.394. The first-order valence-corrected chi connectivity index (χ1v) is 6.02. The van der Waals surface area contributed by atoms with Crippen molar-refractivity contribution in [2.45, 2.75) is 33.2 Å². The van der Waals surface area contributed by atoms with Gasteiger partial charge >= 0.3 is 0 Å². The molecule has 2 aromatic rings. The van der Waals surface area contributed by atoms with E-state index in [1.807, 2.05) is 31.0 Å². The number of aryl methyl sites for hydroxylation is 1. The molecule has 0 saturated heterocycles. The first-order valence-electron chi connectivity index (χ1n) is 6.02. The summed E-state index contributed by atoms with van der Waals surface area (Å²) in [5.41, 5.74) is 1.95. The lowest BCUT2D eigenvalue weighted by Gasteiger charge is -2.18. The van der Waals surface area contributed by atoms with Crippen LogP contribution in [0, 0.1) is 6.92 Å². The monoisotopic (exact) mass is 246 g/mol. The summed E-state index contributed by atoms with van der Waals surface area (Å²) in [5, 5.41) is 3.90. The van der Waals surface area contributed by atoms with Crippen LogP contribution in [0.4, 0.5) is 5.82 Å². The summed E-state index contributed by atoms with van der Waals surface area (Å²) >= 11 is 0. The average molecular weight is 246 g/mol. The van der Waals surface area contributed by atoms with Crippen molar-refractivity contribution in [3.8, 4) is 0 Å². The second kappa shape index (κ2) is 5.16. The summed E-state index contributed by atoms with van der Waals surface area (Å²) in [5.74, 6) is 2.10. The molecule has 5 nitrogen and oxygen atoms in total. The largest absolute Gasteiger partial charge is 0.364 e. The Balaban J connectivity index is 2.21. The van der Waals surface area contributed by atoms with Gasteiger partial charge in [-0.3, -0.25) is 0 Å². The molecule has 2 aromatic heterocycles. The zero-order chi connectivity index (χ0) is 13.1. The Morgan fingerprint density at radius 1 is 1.33 bits per heavy atom. The minimum Gasteiger partial charge on any atom is -0.364 e. The molecule has 96 valence electrons. The zero-order valence-electron chi connectivity index (χ0n) is 11.2. The molecule has 5 heteroatoms. The number of hydrogen-bond donors (Lipinski definition) is 0. The first-order chi connectivity index (χ1) is 8.56. The van der Waals surface area contributed by atoms with Gasteiger partial charge in [-0.15, -0.1) is 0 Å². The van der Waals surface area contributed by atoms with Crippen molar-refractivity contribution in [1.82, 2.24) is 15.1 Å². The van der Waals surface area contributed by atoms with Crippen molar-refractivity contribution >= 4 is 5.82 Å². The molecule has 0 spiro atoms. The topological polar surface area (TPSA) is 55.1 Å². The van der Waals surface area contributed by atoms with E-state index in [9.17, 15) is 0 Å². The summed E-state index contributed by atoms with van der Waals surface area (Å²) in [7, 11) is 1.99. The van der Waals surface area contributed by atoms with E-state index in [1.165, 1.54) is 0 Å². The summed E-state index contributed by atoms with van der Waals surface area (Å²) in [4.78, 5) is 10.9. The molecule has 0 fully saturated rings. The molecule has 0 aromatic carbocycles. The van der Waals surface area contributed by atoms with Gasteiger partial charge in [-0.25, -0.2) is 9.97 Å². The van der Waals surface area contributed by atoms with Gasteiger partial charge in [-0.2, -0.15) is 0 Å². The number of rotatable bonds is 4.